The normalized spacial score (nSPS) is 24.8. The summed E-state index contributed by atoms with van der Waals surface area (Å²) in [6.45, 7) is 4.85. The third-order valence-electron chi connectivity index (χ3n) is 5.29. The van der Waals surface area contributed by atoms with E-state index in [0.29, 0.717) is 12.5 Å². The number of hydrogen-bond acceptors (Lipinski definition) is 4. The largest absolute Gasteiger partial charge is 0.393 e. The minimum atomic E-state index is -0.207. The van der Waals surface area contributed by atoms with Crippen molar-refractivity contribution in [1.82, 2.24) is 20.0 Å². The van der Waals surface area contributed by atoms with E-state index in [-0.39, 0.29) is 12.1 Å². The molecule has 2 fully saturated rings. The number of carbonyl (C=O) groups excluding carboxylic acids is 1. The molecule has 3 rings (SSSR count). The quantitative estimate of drug-likeness (QED) is 0.734. The Bertz CT molecular complexity index is 541. The van der Waals surface area contributed by atoms with Crippen molar-refractivity contribution in [3.63, 3.8) is 0 Å². The summed E-state index contributed by atoms with van der Waals surface area (Å²) in [5, 5.41) is 19.8. The first-order valence-corrected chi connectivity index (χ1v) is 9.67. The zero-order valence-electron chi connectivity index (χ0n) is 15.0. The van der Waals surface area contributed by atoms with Crippen molar-refractivity contribution in [2.24, 2.45) is 5.92 Å². The number of aliphatic hydroxyl groups is 1. The summed E-state index contributed by atoms with van der Waals surface area (Å²) in [6.07, 6.45) is 11.1. The van der Waals surface area contributed by atoms with Gasteiger partial charge in [0.1, 0.15) is 0 Å². The number of amides is 2. The van der Waals surface area contributed by atoms with E-state index in [1.807, 2.05) is 10.9 Å². The Morgan fingerprint density at radius 1 is 1.20 bits per heavy atom. The van der Waals surface area contributed by atoms with Crippen LogP contribution in [0.2, 0.25) is 0 Å². The maximum atomic E-state index is 12.0. The third kappa shape index (κ3) is 6.01. The van der Waals surface area contributed by atoms with Crippen molar-refractivity contribution in [2.45, 2.75) is 57.6 Å². The Morgan fingerprint density at radius 3 is 2.84 bits per heavy atom. The van der Waals surface area contributed by atoms with Crippen LogP contribution in [0.25, 0.3) is 0 Å². The fourth-order valence-corrected chi connectivity index (χ4v) is 3.84. The van der Waals surface area contributed by atoms with E-state index in [2.05, 4.69) is 20.6 Å². The molecule has 7 heteroatoms. The van der Waals surface area contributed by atoms with Crippen molar-refractivity contribution >= 4 is 11.7 Å². The Balaban J connectivity index is 1.36. The minimum Gasteiger partial charge on any atom is -0.393 e. The van der Waals surface area contributed by atoms with Crippen molar-refractivity contribution < 1.29 is 9.90 Å². The maximum absolute atomic E-state index is 12.0. The number of nitrogens with one attached hydrogen (secondary N) is 2. The van der Waals surface area contributed by atoms with Gasteiger partial charge in [-0.1, -0.05) is 12.8 Å². The van der Waals surface area contributed by atoms with Crippen LogP contribution in [0.4, 0.5) is 10.5 Å². The molecule has 2 atom stereocenters. The number of nitrogens with zero attached hydrogens (tertiary/aromatic N) is 3. The average Bonchev–Trinajstić information content (AvgIpc) is 3.06. The third-order valence-corrected chi connectivity index (χ3v) is 5.29. The maximum Gasteiger partial charge on any atom is 0.319 e. The average molecular weight is 349 g/mol. The van der Waals surface area contributed by atoms with Crippen LogP contribution in [0, 0.1) is 5.92 Å². The number of hydrogen-bond donors (Lipinski definition) is 3. The molecule has 2 aliphatic rings. The Hall–Kier alpha value is -1.60. The Labute approximate surface area is 149 Å². The van der Waals surface area contributed by atoms with Crippen LogP contribution >= 0.6 is 0 Å². The van der Waals surface area contributed by atoms with Gasteiger partial charge in [0.2, 0.25) is 0 Å². The molecule has 0 radical (unpaired) electrons. The monoisotopic (exact) mass is 349 g/mol. The first-order valence-electron chi connectivity index (χ1n) is 9.67. The molecule has 1 aliphatic carbocycles. The second-order valence-corrected chi connectivity index (χ2v) is 7.42. The number of piperidine rings is 1. The van der Waals surface area contributed by atoms with E-state index >= 15 is 0 Å². The first kappa shape index (κ1) is 18.2. The molecule has 0 aromatic carbocycles. The molecular weight excluding hydrogens is 318 g/mol. The van der Waals surface area contributed by atoms with E-state index in [1.54, 1.807) is 6.20 Å². The van der Waals surface area contributed by atoms with Crippen LogP contribution in [0.1, 0.15) is 44.9 Å². The van der Waals surface area contributed by atoms with E-state index in [1.165, 1.54) is 32.4 Å². The van der Waals surface area contributed by atoms with Gasteiger partial charge in [-0.3, -0.25) is 4.68 Å². The summed E-state index contributed by atoms with van der Waals surface area (Å²) in [6, 6.07) is -0.198. The van der Waals surface area contributed by atoms with Crippen LogP contribution in [0.15, 0.2) is 12.4 Å². The van der Waals surface area contributed by atoms with Gasteiger partial charge in [0, 0.05) is 19.3 Å². The zero-order chi connectivity index (χ0) is 17.5. The standard InChI is InChI=1S/C18H31N5O2/c24-17-6-4-5-15(11-17)12-19-18(25)21-16-13-20-23(14-16)10-9-22-7-2-1-3-8-22/h13-15,17,24H,1-12H2,(H2,19,21,25). The molecule has 140 valence electrons. The molecule has 2 heterocycles. The lowest BCUT2D eigenvalue weighted by atomic mass is 9.87. The molecule has 0 spiro atoms. The molecule has 1 saturated heterocycles. The highest BCUT2D eigenvalue weighted by molar-refractivity contribution is 5.88. The van der Waals surface area contributed by atoms with Crippen molar-refractivity contribution in [1.29, 1.82) is 0 Å². The number of carbonyl (C=O) groups is 1. The highest BCUT2D eigenvalue weighted by Gasteiger charge is 2.20. The Kier molecular flexibility index (Phi) is 6.69. The zero-order valence-corrected chi connectivity index (χ0v) is 15.0. The van der Waals surface area contributed by atoms with Crippen LogP contribution in [0.3, 0.4) is 0 Å². The van der Waals surface area contributed by atoms with Crippen LogP contribution in [-0.4, -0.2) is 58.1 Å². The van der Waals surface area contributed by atoms with Gasteiger partial charge in [-0.05, 0) is 51.1 Å². The number of likely N-dealkylation sites (tertiary alicyclic amines) is 1. The van der Waals surface area contributed by atoms with Crippen LogP contribution < -0.4 is 10.6 Å². The van der Waals surface area contributed by atoms with Gasteiger partial charge in [-0.15, -0.1) is 0 Å². The summed E-state index contributed by atoms with van der Waals surface area (Å²) < 4.78 is 1.89. The smallest absolute Gasteiger partial charge is 0.319 e. The highest BCUT2D eigenvalue weighted by atomic mass is 16.3. The SMILES string of the molecule is O=C(NCC1CCCC(O)C1)Nc1cnn(CCN2CCCCC2)c1. The van der Waals surface area contributed by atoms with E-state index in [0.717, 1.165) is 44.5 Å². The van der Waals surface area contributed by atoms with E-state index in [9.17, 15) is 9.90 Å². The predicted octanol–water partition coefficient (Wildman–Crippen LogP) is 2.04. The summed E-state index contributed by atoms with van der Waals surface area (Å²) in [5.74, 6) is 0.377. The topological polar surface area (TPSA) is 82.4 Å². The summed E-state index contributed by atoms with van der Waals surface area (Å²) in [4.78, 5) is 14.5. The fraction of sp³-hybridized carbons (Fsp3) is 0.778. The molecular formula is C18H31N5O2. The lowest BCUT2D eigenvalue weighted by Crippen LogP contribution is -2.35. The van der Waals surface area contributed by atoms with Gasteiger partial charge < -0.3 is 20.6 Å². The number of rotatable bonds is 6. The molecule has 1 saturated carbocycles. The summed E-state index contributed by atoms with van der Waals surface area (Å²) in [5.41, 5.74) is 0.722. The molecule has 2 amide bonds. The van der Waals surface area contributed by atoms with E-state index in [4.69, 9.17) is 0 Å². The molecule has 25 heavy (non-hydrogen) atoms. The fourth-order valence-electron chi connectivity index (χ4n) is 3.84. The molecule has 2 unspecified atom stereocenters. The summed E-state index contributed by atoms with van der Waals surface area (Å²) in [7, 11) is 0. The van der Waals surface area contributed by atoms with Gasteiger partial charge in [0.05, 0.1) is 24.5 Å². The summed E-state index contributed by atoms with van der Waals surface area (Å²) >= 11 is 0. The highest BCUT2D eigenvalue weighted by Crippen LogP contribution is 2.23. The lowest BCUT2D eigenvalue weighted by molar-refractivity contribution is 0.101. The second-order valence-electron chi connectivity index (χ2n) is 7.42. The molecule has 0 bridgehead atoms. The van der Waals surface area contributed by atoms with Gasteiger partial charge in [0.25, 0.3) is 0 Å². The van der Waals surface area contributed by atoms with Crippen LogP contribution in [0.5, 0.6) is 0 Å². The van der Waals surface area contributed by atoms with Gasteiger partial charge in [0.15, 0.2) is 0 Å². The predicted molar refractivity (Wildman–Crippen MR) is 97.5 cm³/mol. The van der Waals surface area contributed by atoms with Gasteiger partial charge >= 0.3 is 6.03 Å². The van der Waals surface area contributed by atoms with Gasteiger partial charge in [-0.2, -0.15) is 5.10 Å². The van der Waals surface area contributed by atoms with E-state index < -0.39 is 0 Å². The number of urea groups is 1. The van der Waals surface area contributed by atoms with Crippen molar-refractivity contribution in [2.75, 3.05) is 31.5 Å². The molecule has 1 aromatic heterocycles. The lowest BCUT2D eigenvalue weighted by Gasteiger charge is -2.26. The molecule has 7 nitrogen and oxygen atoms in total. The second kappa shape index (κ2) is 9.20. The first-order chi connectivity index (χ1) is 12.2. The van der Waals surface area contributed by atoms with Crippen molar-refractivity contribution in [3.8, 4) is 0 Å². The minimum absolute atomic E-state index is 0.198. The molecule has 1 aliphatic heterocycles. The number of anilines is 1. The molecule has 1 aromatic rings. The van der Waals surface area contributed by atoms with Crippen molar-refractivity contribution in [3.05, 3.63) is 12.4 Å². The number of aliphatic hydroxyl groups excluding tert-OH is 1. The molecule has 3 N–H and O–H groups in total. The Morgan fingerprint density at radius 2 is 2.04 bits per heavy atom. The number of aromatic nitrogens is 2. The van der Waals surface area contributed by atoms with Gasteiger partial charge in [-0.25, -0.2) is 4.79 Å². The van der Waals surface area contributed by atoms with Crippen LogP contribution in [-0.2, 0) is 6.54 Å².